The van der Waals surface area contributed by atoms with E-state index >= 15 is 0 Å². The Morgan fingerprint density at radius 2 is 1.95 bits per heavy atom. The van der Waals surface area contributed by atoms with Gasteiger partial charge in [0.2, 0.25) is 0 Å². The third-order valence-corrected chi connectivity index (χ3v) is 3.94. The summed E-state index contributed by atoms with van der Waals surface area (Å²) < 4.78 is 0. The molecule has 0 saturated carbocycles. The molecule has 3 heteroatoms. The Kier molecular flexibility index (Phi) is 2.97. The molecule has 0 aliphatic heterocycles. The summed E-state index contributed by atoms with van der Waals surface area (Å²) in [7, 11) is 0. The Bertz CT molecular complexity index is 632. The number of fused-ring (bicyclic) bond motifs is 1. The van der Waals surface area contributed by atoms with Gasteiger partial charge in [-0.3, -0.25) is 0 Å². The van der Waals surface area contributed by atoms with E-state index in [4.69, 9.17) is 5.73 Å². The number of benzene rings is 1. The van der Waals surface area contributed by atoms with Gasteiger partial charge in [0.15, 0.2) is 0 Å². The Balaban J connectivity index is 1.91. The lowest BCUT2D eigenvalue weighted by Crippen LogP contribution is -2.06. The van der Waals surface area contributed by atoms with E-state index in [1.54, 1.807) is 0 Å². The highest BCUT2D eigenvalue weighted by atomic mass is 15.0. The highest BCUT2D eigenvalue weighted by Crippen LogP contribution is 2.24. The summed E-state index contributed by atoms with van der Waals surface area (Å²) in [6.45, 7) is 4.26. The van der Waals surface area contributed by atoms with Crippen molar-refractivity contribution in [3.05, 3.63) is 52.0 Å². The van der Waals surface area contributed by atoms with Crippen molar-refractivity contribution < 1.29 is 0 Å². The molecule has 1 heterocycles. The van der Waals surface area contributed by atoms with Crippen LogP contribution in [0.3, 0.4) is 0 Å². The Hall–Kier alpha value is -1.90. The summed E-state index contributed by atoms with van der Waals surface area (Å²) in [6.07, 6.45) is 3.99. The smallest absolute Gasteiger partial charge is 0.135 e. The van der Waals surface area contributed by atoms with Gasteiger partial charge in [-0.2, -0.15) is 0 Å². The number of rotatable bonds is 2. The molecule has 0 saturated heterocycles. The van der Waals surface area contributed by atoms with Crippen LogP contribution in [0.2, 0.25) is 0 Å². The Morgan fingerprint density at radius 1 is 1.11 bits per heavy atom. The molecule has 19 heavy (non-hydrogen) atoms. The molecule has 0 bridgehead atoms. The van der Waals surface area contributed by atoms with E-state index in [1.165, 1.54) is 22.3 Å². The Morgan fingerprint density at radius 3 is 2.74 bits per heavy atom. The lowest BCUT2D eigenvalue weighted by molar-refractivity contribution is 0.885. The van der Waals surface area contributed by atoms with E-state index in [1.807, 2.05) is 0 Å². The van der Waals surface area contributed by atoms with Crippen LogP contribution in [-0.2, 0) is 19.3 Å². The predicted molar refractivity (Wildman–Crippen MR) is 77.2 cm³/mol. The molecule has 1 aliphatic carbocycles. The summed E-state index contributed by atoms with van der Waals surface area (Å²) in [5.74, 6) is 1.53. The van der Waals surface area contributed by atoms with Gasteiger partial charge in [0.1, 0.15) is 11.6 Å². The molecule has 2 N–H and O–H groups in total. The molecule has 0 spiro atoms. The fourth-order valence-electron chi connectivity index (χ4n) is 2.69. The summed E-state index contributed by atoms with van der Waals surface area (Å²) in [6, 6.07) is 6.51. The number of aromatic nitrogens is 2. The number of hydrogen-bond acceptors (Lipinski definition) is 3. The fraction of sp³-hybridized carbons (Fsp3) is 0.375. The topological polar surface area (TPSA) is 51.8 Å². The molecular formula is C16H19N3. The van der Waals surface area contributed by atoms with Gasteiger partial charge in [-0.15, -0.1) is 0 Å². The van der Waals surface area contributed by atoms with Crippen LogP contribution in [0.4, 0.5) is 5.82 Å². The Labute approximate surface area is 113 Å². The van der Waals surface area contributed by atoms with Crippen molar-refractivity contribution in [2.75, 3.05) is 5.73 Å². The molecule has 3 rings (SSSR count). The standard InChI is InChI=1S/C16H19N3/c1-10-6-7-12(8-11(10)2)9-15-18-14-5-3-4-13(14)16(17)19-15/h6-8H,3-5,9H2,1-2H3,(H2,17,18,19). The second-order valence-corrected chi connectivity index (χ2v) is 5.40. The van der Waals surface area contributed by atoms with Gasteiger partial charge in [-0.25, -0.2) is 9.97 Å². The van der Waals surface area contributed by atoms with Crippen molar-refractivity contribution in [3.8, 4) is 0 Å². The molecule has 1 aromatic carbocycles. The van der Waals surface area contributed by atoms with E-state index in [2.05, 4.69) is 42.0 Å². The SMILES string of the molecule is Cc1ccc(Cc2nc(N)c3c(n2)CCC3)cc1C. The number of anilines is 1. The number of aryl methyl sites for hydroxylation is 3. The largest absolute Gasteiger partial charge is 0.383 e. The van der Waals surface area contributed by atoms with E-state index in [-0.39, 0.29) is 0 Å². The molecule has 0 fully saturated rings. The van der Waals surface area contributed by atoms with E-state index in [9.17, 15) is 0 Å². The first-order valence-corrected chi connectivity index (χ1v) is 6.84. The second-order valence-electron chi connectivity index (χ2n) is 5.40. The van der Waals surface area contributed by atoms with Gasteiger partial charge in [0.25, 0.3) is 0 Å². The lowest BCUT2D eigenvalue weighted by Gasteiger charge is -2.08. The molecule has 1 aliphatic rings. The van der Waals surface area contributed by atoms with Crippen molar-refractivity contribution in [2.45, 2.75) is 39.5 Å². The minimum atomic E-state index is 0.682. The van der Waals surface area contributed by atoms with Gasteiger partial charge < -0.3 is 5.73 Å². The zero-order valence-corrected chi connectivity index (χ0v) is 11.5. The van der Waals surface area contributed by atoms with Crippen molar-refractivity contribution in [2.24, 2.45) is 0 Å². The average Bonchev–Trinajstić information content (AvgIpc) is 2.82. The van der Waals surface area contributed by atoms with E-state index < -0.39 is 0 Å². The molecular weight excluding hydrogens is 234 g/mol. The van der Waals surface area contributed by atoms with Gasteiger partial charge in [0.05, 0.1) is 0 Å². The third-order valence-electron chi connectivity index (χ3n) is 3.94. The summed E-state index contributed by atoms with van der Waals surface area (Å²) >= 11 is 0. The average molecular weight is 253 g/mol. The predicted octanol–water partition coefficient (Wildman–Crippen LogP) is 2.76. The van der Waals surface area contributed by atoms with E-state index in [0.29, 0.717) is 5.82 Å². The number of hydrogen-bond donors (Lipinski definition) is 1. The monoisotopic (exact) mass is 253 g/mol. The first-order chi connectivity index (χ1) is 9.13. The van der Waals surface area contributed by atoms with Crippen LogP contribution in [-0.4, -0.2) is 9.97 Å². The molecule has 0 unspecified atom stereocenters. The molecule has 0 amide bonds. The van der Waals surface area contributed by atoms with Crippen LogP contribution in [0.15, 0.2) is 18.2 Å². The van der Waals surface area contributed by atoms with Crippen molar-refractivity contribution >= 4 is 5.82 Å². The van der Waals surface area contributed by atoms with Crippen LogP contribution in [0.25, 0.3) is 0 Å². The highest BCUT2D eigenvalue weighted by molar-refractivity contribution is 5.45. The van der Waals surface area contributed by atoms with Crippen LogP contribution < -0.4 is 5.73 Å². The van der Waals surface area contributed by atoms with Crippen LogP contribution in [0.5, 0.6) is 0 Å². The molecule has 2 aromatic rings. The van der Waals surface area contributed by atoms with Crippen molar-refractivity contribution in [1.82, 2.24) is 9.97 Å². The van der Waals surface area contributed by atoms with Crippen LogP contribution in [0, 0.1) is 13.8 Å². The first kappa shape index (κ1) is 12.2. The molecule has 0 atom stereocenters. The van der Waals surface area contributed by atoms with E-state index in [0.717, 1.165) is 37.2 Å². The minimum absolute atomic E-state index is 0.682. The normalized spacial score (nSPS) is 13.6. The highest BCUT2D eigenvalue weighted by Gasteiger charge is 2.17. The minimum Gasteiger partial charge on any atom is -0.383 e. The van der Waals surface area contributed by atoms with Crippen molar-refractivity contribution in [3.63, 3.8) is 0 Å². The van der Waals surface area contributed by atoms with Gasteiger partial charge in [-0.1, -0.05) is 18.2 Å². The zero-order valence-electron chi connectivity index (χ0n) is 11.5. The zero-order chi connectivity index (χ0) is 13.4. The third kappa shape index (κ3) is 2.33. The second kappa shape index (κ2) is 4.65. The van der Waals surface area contributed by atoms with Crippen LogP contribution >= 0.6 is 0 Å². The maximum Gasteiger partial charge on any atom is 0.135 e. The number of nitrogens with zero attached hydrogens (tertiary/aromatic N) is 2. The first-order valence-electron chi connectivity index (χ1n) is 6.84. The molecule has 0 radical (unpaired) electrons. The number of nitrogens with two attached hydrogens (primary N) is 1. The summed E-state index contributed by atoms with van der Waals surface area (Å²) in [4.78, 5) is 9.13. The molecule has 3 nitrogen and oxygen atoms in total. The number of nitrogen functional groups attached to an aromatic ring is 1. The van der Waals surface area contributed by atoms with Gasteiger partial charge in [0, 0.05) is 17.7 Å². The maximum atomic E-state index is 6.03. The van der Waals surface area contributed by atoms with Crippen LogP contribution in [0.1, 0.15) is 40.2 Å². The lowest BCUT2D eigenvalue weighted by atomic mass is 10.0. The molecule has 98 valence electrons. The summed E-state index contributed by atoms with van der Waals surface area (Å²) in [5, 5.41) is 0. The maximum absolute atomic E-state index is 6.03. The fourth-order valence-corrected chi connectivity index (χ4v) is 2.69. The van der Waals surface area contributed by atoms with Crippen molar-refractivity contribution in [1.29, 1.82) is 0 Å². The molecule has 1 aromatic heterocycles. The quantitative estimate of drug-likeness (QED) is 0.895. The van der Waals surface area contributed by atoms with Gasteiger partial charge >= 0.3 is 0 Å². The van der Waals surface area contributed by atoms with Gasteiger partial charge in [-0.05, 0) is 49.8 Å². The summed E-state index contributed by atoms with van der Waals surface area (Å²) in [5.41, 5.74) is 12.2.